The van der Waals surface area contributed by atoms with Crippen LogP contribution in [0.5, 0.6) is 11.5 Å². The third kappa shape index (κ3) is 5.45. The van der Waals surface area contributed by atoms with E-state index in [9.17, 15) is 4.79 Å². The summed E-state index contributed by atoms with van der Waals surface area (Å²) in [5.41, 5.74) is 1.67. The lowest BCUT2D eigenvalue weighted by Crippen LogP contribution is -2.13. The van der Waals surface area contributed by atoms with Gasteiger partial charge >= 0.3 is 0 Å². The lowest BCUT2D eigenvalue weighted by Gasteiger charge is -2.13. The van der Waals surface area contributed by atoms with Crippen LogP contribution in [-0.4, -0.2) is 31.9 Å². The zero-order chi connectivity index (χ0) is 19.2. The molecule has 27 heavy (non-hydrogen) atoms. The highest BCUT2D eigenvalue weighted by Gasteiger charge is 2.11. The van der Waals surface area contributed by atoms with Crippen LogP contribution < -0.4 is 10.1 Å². The molecule has 1 heterocycles. The van der Waals surface area contributed by atoms with E-state index in [0.717, 1.165) is 5.56 Å². The van der Waals surface area contributed by atoms with Gasteiger partial charge in [0.05, 0.1) is 5.69 Å². The van der Waals surface area contributed by atoms with Crippen molar-refractivity contribution in [2.24, 2.45) is 7.05 Å². The summed E-state index contributed by atoms with van der Waals surface area (Å²) >= 11 is 7.49. The molecule has 1 N–H and O–H groups in total. The van der Waals surface area contributed by atoms with Crippen molar-refractivity contribution in [3.8, 4) is 11.5 Å². The molecule has 0 saturated heterocycles. The Morgan fingerprint density at radius 3 is 2.74 bits per heavy atom. The van der Waals surface area contributed by atoms with Gasteiger partial charge in [0.25, 0.3) is 0 Å². The molecule has 140 valence electrons. The van der Waals surface area contributed by atoms with E-state index in [1.165, 1.54) is 11.8 Å². The monoisotopic (exact) mass is 403 g/mol. The number of nitrogens with zero attached hydrogens (tertiary/aromatic N) is 4. The van der Waals surface area contributed by atoms with Crippen LogP contribution in [0.3, 0.4) is 0 Å². The number of carbonyl (C=O) groups is 1. The minimum atomic E-state index is -0.145. The van der Waals surface area contributed by atoms with Crippen LogP contribution in [-0.2, 0) is 11.8 Å². The van der Waals surface area contributed by atoms with Gasteiger partial charge in [0.15, 0.2) is 5.75 Å². The Kier molecular flexibility index (Phi) is 6.31. The molecule has 0 bridgehead atoms. The standard InChI is InChI=1S/C18H18ClN5O2S/c1-12-3-6-14(7-4-12)26-16-8-5-13(19)11-15(16)20-17(25)9-10-27-18-21-22-23-24(18)2/h3-8,11H,9-10H2,1-2H3,(H,20,25). The van der Waals surface area contributed by atoms with E-state index in [2.05, 4.69) is 20.8 Å². The van der Waals surface area contributed by atoms with E-state index in [1.807, 2.05) is 31.2 Å². The van der Waals surface area contributed by atoms with E-state index in [-0.39, 0.29) is 5.91 Å². The number of halogens is 1. The predicted octanol–water partition coefficient (Wildman–Crippen LogP) is 4.09. The molecule has 9 heteroatoms. The number of rotatable bonds is 7. The van der Waals surface area contributed by atoms with Gasteiger partial charge in [-0.05, 0) is 47.7 Å². The maximum Gasteiger partial charge on any atom is 0.225 e. The summed E-state index contributed by atoms with van der Waals surface area (Å²) in [4.78, 5) is 12.3. The average Bonchev–Trinajstić information content (AvgIpc) is 3.04. The summed E-state index contributed by atoms with van der Waals surface area (Å²) in [5.74, 6) is 1.62. The number of hydrogen-bond acceptors (Lipinski definition) is 6. The quantitative estimate of drug-likeness (QED) is 0.598. The molecule has 3 rings (SSSR count). The summed E-state index contributed by atoms with van der Waals surface area (Å²) in [5, 5.41) is 15.2. The Balaban J connectivity index is 1.62. The molecule has 3 aromatic rings. The Morgan fingerprint density at radius 1 is 1.26 bits per heavy atom. The topological polar surface area (TPSA) is 81.9 Å². The van der Waals surface area contributed by atoms with Crippen LogP contribution in [0.25, 0.3) is 0 Å². The van der Waals surface area contributed by atoms with Crippen molar-refractivity contribution in [3.05, 3.63) is 53.1 Å². The van der Waals surface area contributed by atoms with Crippen molar-refractivity contribution in [1.29, 1.82) is 0 Å². The van der Waals surface area contributed by atoms with E-state index < -0.39 is 0 Å². The van der Waals surface area contributed by atoms with Crippen molar-refractivity contribution >= 4 is 35.0 Å². The fourth-order valence-electron chi connectivity index (χ4n) is 2.21. The van der Waals surface area contributed by atoms with Gasteiger partial charge in [0, 0.05) is 24.2 Å². The number of aryl methyl sites for hydroxylation is 2. The number of benzene rings is 2. The molecule has 2 aromatic carbocycles. The molecule has 1 amide bonds. The fourth-order valence-corrected chi connectivity index (χ4v) is 3.17. The first-order valence-corrected chi connectivity index (χ1v) is 9.57. The molecular formula is C18H18ClN5O2S. The first-order chi connectivity index (χ1) is 13.0. The normalized spacial score (nSPS) is 10.6. The van der Waals surface area contributed by atoms with Crippen molar-refractivity contribution in [1.82, 2.24) is 20.2 Å². The fraction of sp³-hybridized carbons (Fsp3) is 0.222. The number of carbonyl (C=O) groups excluding carboxylic acids is 1. The minimum Gasteiger partial charge on any atom is -0.455 e. The zero-order valence-corrected chi connectivity index (χ0v) is 16.4. The molecule has 7 nitrogen and oxygen atoms in total. The Morgan fingerprint density at radius 2 is 2.04 bits per heavy atom. The molecule has 0 aliphatic heterocycles. The second kappa shape index (κ2) is 8.88. The molecule has 0 radical (unpaired) electrons. The largest absolute Gasteiger partial charge is 0.455 e. The van der Waals surface area contributed by atoms with Gasteiger partial charge in [0.1, 0.15) is 5.75 Å². The Labute approximate surface area is 166 Å². The third-order valence-corrected chi connectivity index (χ3v) is 4.85. The van der Waals surface area contributed by atoms with Crippen molar-refractivity contribution < 1.29 is 9.53 Å². The zero-order valence-electron chi connectivity index (χ0n) is 14.8. The second-order valence-corrected chi connectivity index (χ2v) is 7.29. The molecule has 0 spiro atoms. The van der Waals surface area contributed by atoms with Gasteiger partial charge in [-0.2, -0.15) is 0 Å². The highest BCUT2D eigenvalue weighted by molar-refractivity contribution is 7.99. The van der Waals surface area contributed by atoms with Crippen molar-refractivity contribution in [2.45, 2.75) is 18.5 Å². The number of nitrogens with one attached hydrogen (secondary N) is 1. The predicted molar refractivity (Wildman–Crippen MR) is 105 cm³/mol. The maximum absolute atomic E-state index is 12.3. The summed E-state index contributed by atoms with van der Waals surface area (Å²) in [6.45, 7) is 2.01. The second-order valence-electron chi connectivity index (χ2n) is 5.79. The Hall–Kier alpha value is -2.58. The summed E-state index contributed by atoms with van der Waals surface area (Å²) in [7, 11) is 1.75. The molecule has 0 aliphatic rings. The molecular weight excluding hydrogens is 386 g/mol. The van der Waals surface area contributed by atoms with E-state index >= 15 is 0 Å². The lowest BCUT2D eigenvalue weighted by atomic mass is 10.2. The van der Waals surface area contributed by atoms with Gasteiger partial charge < -0.3 is 10.1 Å². The molecule has 0 atom stereocenters. The number of amides is 1. The van der Waals surface area contributed by atoms with Crippen LogP contribution in [0.15, 0.2) is 47.6 Å². The number of thioether (sulfide) groups is 1. The van der Waals surface area contributed by atoms with Gasteiger partial charge in [0.2, 0.25) is 11.1 Å². The Bertz CT molecular complexity index is 930. The van der Waals surface area contributed by atoms with Gasteiger partial charge in [-0.1, -0.05) is 41.1 Å². The first kappa shape index (κ1) is 19.2. The first-order valence-electron chi connectivity index (χ1n) is 8.20. The van der Waals surface area contributed by atoms with E-state index in [1.54, 1.807) is 29.9 Å². The van der Waals surface area contributed by atoms with Crippen molar-refractivity contribution in [2.75, 3.05) is 11.1 Å². The number of anilines is 1. The minimum absolute atomic E-state index is 0.145. The van der Waals surface area contributed by atoms with Gasteiger partial charge in [-0.15, -0.1) is 5.10 Å². The summed E-state index contributed by atoms with van der Waals surface area (Å²) in [6, 6.07) is 12.8. The number of hydrogen-bond donors (Lipinski definition) is 1. The molecule has 1 aromatic heterocycles. The van der Waals surface area contributed by atoms with Gasteiger partial charge in [-0.3, -0.25) is 4.79 Å². The average molecular weight is 404 g/mol. The van der Waals surface area contributed by atoms with Crippen molar-refractivity contribution in [3.63, 3.8) is 0 Å². The van der Waals surface area contributed by atoms with Gasteiger partial charge in [-0.25, -0.2) is 4.68 Å². The molecule has 0 fully saturated rings. The SMILES string of the molecule is Cc1ccc(Oc2ccc(Cl)cc2NC(=O)CCSc2nnnn2C)cc1. The highest BCUT2D eigenvalue weighted by Crippen LogP contribution is 2.32. The summed E-state index contributed by atoms with van der Waals surface area (Å²) in [6.07, 6.45) is 0.300. The van der Waals surface area contributed by atoms with Crippen LogP contribution in [0.2, 0.25) is 5.02 Å². The van der Waals surface area contributed by atoms with Crippen LogP contribution in [0, 0.1) is 6.92 Å². The van der Waals surface area contributed by atoms with E-state index in [0.29, 0.717) is 39.5 Å². The van der Waals surface area contributed by atoms with Crippen LogP contribution in [0.4, 0.5) is 5.69 Å². The smallest absolute Gasteiger partial charge is 0.225 e. The maximum atomic E-state index is 12.3. The number of ether oxygens (including phenoxy) is 1. The lowest BCUT2D eigenvalue weighted by molar-refractivity contribution is -0.115. The third-order valence-electron chi connectivity index (χ3n) is 3.61. The molecule has 0 aliphatic carbocycles. The molecule has 0 saturated carbocycles. The summed E-state index contributed by atoms with van der Waals surface area (Å²) < 4.78 is 7.45. The van der Waals surface area contributed by atoms with Crippen LogP contribution >= 0.6 is 23.4 Å². The number of aromatic nitrogens is 4. The van der Waals surface area contributed by atoms with E-state index in [4.69, 9.17) is 16.3 Å². The number of tetrazole rings is 1. The molecule has 0 unspecified atom stereocenters. The highest BCUT2D eigenvalue weighted by atomic mass is 35.5. The van der Waals surface area contributed by atoms with Crippen LogP contribution in [0.1, 0.15) is 12.0 Å².